The lowest BCUT2D eigenvalue weighted by atomic mass is 9.86. The second-order valence-electron chi connectivity index (χ2n) is 5.02. The zero-order chi connectivity index (χ0) is 15.2. The number of nitrogens with one attached hydrogen (secondary N) is 1. The third-order valence-corrected chi connectivity index (χ3v) is 4.91. The number of carboxylic acids is 1. The Labute approximate surface area is 118 Å². The molecule has 0 aromatic heterocycles. The van der Waals surface area contributed by atoms with Crippen molar-refractivity contribution in [3.8, 4) is 0 Å². The Bertz CT molecular complexity index is 447. The van der Waals surface area contributed by atoms with Gasteiger partial charge in [-0.3, -0.25) is 9.59 Å². The molecule has 2 unspecified atom stereocenters. The van der Waals surface area contributed by atoms with Crippen LogP contribution in [0.1, 0.15) is 38.5 Å². The summed E-state index contributed by atoms with van der Waals surface area (Å²) >= 11 is 0. The smallest absolute Gasteiger partial charge is 0.306 e. The van der Waals surface area contributed by atoms with Gasteiger partial charge in [0.15, 0.2) is 0 Å². The van der Waals surface area contributed by atoms with E-state index in [1.54, 1.807) is 0 Å². The van der Waals surface area contributed by atoms with Gasteiger partial charge < -0.3 is 9.84 Å². The molecule has 0 amide bonds. The lowest BCUT2D eigenvalue weighted by Gasteiger charge is -2.27. The Morgan fingerprint density at radius 2 is 2.05 bits per heavy atom. The van der Waals surface area contributed by atoms with E-state index in [-0.39, 0.29) is 24.6 Å². The molecular weight excluding hydrogens is 286 g/mol. The van der Waals surface area contributed by atoms with Gasteiger partial charge in [0.1, 0.15) is 0 Å². The average Bonchev–Trinajstić information content (AvgIpc) is 2.37. The van der Waals surface area contributed by atoms with E-state index in [0.717, 1.165) is 0 Å². The van der Waals surface area contributed by atoms with Crippen LogP contribution in [-0.4, -0.2) is 44.4 Å². The normalized spacial score (nSPS) is 23.2. The van der Waals surface area contributed by atoms with Crippen LogP contribution >= 0.6 is 0 Å². The van der Waals surface area contributed by atoms with Crippen molar-refractivity contribution in [3.63, 3.8) is 0 Å². The molecule has 0 heterocycles. The summed E-state index contributed by atoms with van der Waals surface area (Å²) in [7, 11) is -2.23. The molecule has 2 N–H and O–H groups in total. The molecule has 2 atom stereocenters. The van der Waals surface area contributed by atoms with Crippen LogP contribution in [0.4, 0.5) is 0 Å². The number of carbonyl (C=O) groups excluding carboxylic acids is 1. The summed E-state index contributed by atoms with van der Waals surface area (Å²) in [6, 6.07) is -0.326. The molecule has 0 spiro atoms. The number of ether oxygens (including phenoxy) is 1. The molecule has 1 rings (SSSR count). The largest absolute Gasteiger partial charge is 0.481 e. The maximum Gasteiger partial charge on any atom is 0.306 e. The Morgan fingerprint density at radius 1 is 1.35 bits per heavy atom. The molecule has 7 nitrogen and oxygen atoms in total. The van der Waals surface area contributed by atoms with Gasteiger partial charge in [0.25, 0.3) is 0 Å². The Kier molecular flexibility index (Phi) is 6.41. The minimum atomic E-state index is -3.48. The van der Waals surface area contributed by atoms with Crippen molar-refractivity contribution >= 4 is 22.0 Å². The standard InChI is InChI=1S/C12H21NO6S/c1-19-11(14)6-3-7-20(17,18)13-10-5-2-4-9(8-10)12(15)16/h9-10,13H,2-8H2,1H3,(H,15,16). The molecule has 0 saturated heterocycles. The highest BCUT2D eigenvalue weighted by atomic mass is 32.2. The van der Waals surface area contributed by atoms with E-state index in [1.807, 2.05) is 0 Å². The van der Waals surface area contributed by atoms with Crippen molar-refractivity contribution in [2.24, 2.45) is 5.92 Å². The van der Waals surface area contributed by atoms with Crippen LogP contribution in [0.3, 0.4) is 0 Å². The second kappa shape index (κ2) is 7.58. The van der Waals surface area contributed by atoms with Crippen LogP contribution in [0.15, 0.2) is 0 Å². The van der Waals surface area contributed by atoms with E-state index in [9.17, 15) is 18.0 Å². The van der Waals surface area contributed by atoms with Crippen molar-refractivity contribution in [1.82, 2.24) is 4.72 Å². The topological polar surface area (TPSA) is 110 Å². The number of methoxy groups -OCH3 is 1. The van der Waals surface area contributed by atoms with E-state index in [1.165, 1.54) is 7.11 Å². The van der Waals surface area contributed by atoms with Crippen molar-refractivity contribution in [2.45, 2.75) is 44.6 Å². The number of hydrogen-bond donors (Lipinski definition) is 2. The Hall–Kier alpha value is -1.15. The molecule has 8 heteroatoms. The van der Waals surface area contributed by atoms with Crippen LogP contribution in [0.2, 0.25) is 0 Å². The maximum atomic E-state index is 11.8. The first kappa shape index (κ1) is 16.9. The predicted octanol–water partition coefficient (Wildman–Crippen LogP) is 0.502. The molecule has 0 aliphatic heterocycles. The van der Waals surface area contributed by atoms with Crippen LogP contribution < -0.4 is 4.72 Å². The highest BCUT2D eigenvalue weighted by molar-refractivity contribution is 7.89. The summed E-state index contributed by atoms with van der Waals surface area (Å²) in [4.78, 5) is 21.8. The summed E-state index contributed by atoms with van der Waals surface area (Å²) in [6.07, 6.45) is 2.52. The van der Waals surface area contributed by atoms with Gasteiger partial charge in [-0.05, 0) is 25.7 Å². The molecule has 0 aromatic carbocycles. The summed E-state index contributed by atoms with van der Waals surface area (Å²) < 4.78 is 30.6. The zero-order valence-corrected chi connectivity index (χ0v) is 12.3. The highest BCUT2D eigenvalue weighted by Gasteiger charge is 2.29. The van der Waals surface area contributed by atoms with E-state index >= 15 is 0 Å². The van der Waals surface area contributed by atoms with Gasteiger partial charge in [0, 0.05) is 12.5 Å². The van der Waals surface area contributed by atoms with E-state index in [0.29, 0.717) is 25.7 Å². The molecule has 0 aromatic rings. The van der Waals surface area contributed by atoms with Gasteiger partial charge in [-0.2, -0.15) is 0 Å². The molecule has 1 fully saturated rings. The van der Waals surface area contributed by atoms with Gasteiger partial charge in [0.2, 0.25) is 10.0 Å². The number of carbonyl (C=O) groups is 2. The average molecular weight is 307 g/mol. The SMILES string of the molecule is COC(=O)CCCS(=O)(=O)NC1CCCC(C(=O)O)C1. The quantitative estimate of drug-likeness (QED) is 0.663. The molecule has 1 aliphatic carbocycles. The summed E-state index contributed by atoms with van der Waals surface area (Å²) in [6.45, 7) is 0. The first-order chi connectivity index (χ1) is 9.34. The molecular formula is C12H21NO6S. The lowest BCUT2D eigenvalue weighted by Crippen LogP contribution is -2.40. The highest BCUT2D eigenvalue weighted by Crippen LogP contribution is 2.24. The fraction of sp³-hybridized carbons (Fsp3) is 0.833. The number of rotatable bonds is 7. The molecule has 116 valence electrons. The summed E-state index contributed by atoms with van der Waals surface area (Å²) in [5.74, 6) is -1.95. The Morgan fingerprint density at radius 3 is 2.65 bits per heavy atom. The number of aliphatic carboxylic acids is 1. The first-order valence-electron chi connectivity index (χ1n) is 6.63. The Balaban J connectivity index is 2.41. The van der Waals surface area contributed by atoms with Gasteiger partial charge >= 0.3 is 11.9 Å². The summed E-state index contributed by atoms with van der Waals surface area (Å²) in [5.41, 5.74) is 0. The predicted molar refractivity (Wildman–Crippen MR) is 71.6 cm³/mol. The second-order valence-corrected chi connectivity index (χ2v) is 6.89. The zero-order valence-electron chi connectivity index (χ0n) is 11.5. The third-order valence-electron chi connectivity index (χ3n) is 3.39. The number of sulfonamides is 1. The minimum Gasteiger partial charge on any atom is -0.481 e. The van der Waals surface area contributed by atoms with Crippen LogP contribution in [-0.2, 0) is 24.3 Å². The van der Waals surface area contributed by atoms with Gasteiger partial charge in [0.05, 0.1) is 18.8 Å². The fourth-order valence-electron chi connectivity index (χ4n) is 2.34. The third kappa shape index (κ3) is 5.87. The molecule has 1 aliphatic rings. The molecule has 1 saturated carbocycles. The first-order valence-corrected chi connectivity index (χ1v) is 8.29. The van der Waals surface area contributed by atoms with Crippen molar-refractivity contribution in [3.05, 3.63) is 0 Å². The lowest BCUT2D eigenvalue weighted by molar-refractivity contribution is -0.143. The monoisotopic (exact) mass is 307 g/mol. The van der Waals surface area contributed by atoms with Crippen LogP contribution in [0, 0.1) is 5.92 Å². The number of carboxylic acid groups (broad SMARTS) is 1. The maximum absolute atomic E-state index is 11.8. The fourth-order valence-corrected chi connectivity index (χ4v) is 3.71. The van der Waals surface area contributed by atoms with Crippen molar-refractivity contribution in [1.29, 1.82) is 0 Å². The number of hydrogen-bond acceptors (Lipinski definition) is 5. The van der Waals surface area contributed by atoms with E-state index in [4.69, 9.17) is 5.11 Å². The minimum absolute atomic E-state index is 0.0554. The molecule has 0 bridgehead atoms. The van der Waals surface area contributed by atoms with Gasteiger partial charge in [-0.1, -0.05) is 6.42 Å². The van der Waals surface area contributed by atoms with Crippen LogP contribution in [0.25, 0.3) is 0 Å². The van der Waals surface area contributed by atoms with E-state index < -0.39 is 27.9 Å². The van der Waals surface area contributed by atoms with Crippen molar-refractivity contribution < 1.29 is 27.9 Å². The molecule has 0 radical (unpaired) electrons. The van der Waals surface area contributed by atoms with Crippen LogP contribution in [0.5, 0.6) is 0 Å². The summed E-state index contributed by atoms with van der Waals surface area (Å²) in [5, 5.41) is 8.96. The molecule has 20 heavy (non-hydrogen) atoms. The van der Waals surface area contributed by atoms with Crippen molar-refractivity contribution in [2.75, 3.05) is 12.9 Å². The number of esters is 1. The van der Waals surface area contributed by atoms with E-state index in [2.05, 4.69) is 9.46 Å². The van der Waals surface area contributed by atoms with Gasteiger partial charge in [-0.25, -0.2) is 13.1 Å². The van der Waals surface area contributed by atoms with Gasteiger partial charge in [-0.15, -0.1) is 0 Å².